The lowest BCUT2D eigenvalue weighted by Gasteiger charge is -2.50. The molecule has 1 aromatic carbocycles. The Morgan fingerprint density at radius 2 is 1.83 bits per heavy atom. The molecule has 3 aromatic rings. The number of aryl methyl sites for hydroxylation is 1. The number of nitrogens with zero attached hydrogens (tertiary/aromatic N) is 4. The number of hydrogen-bond acceptors (Lipinski definition) is 4. The summed E-state index contributed by atoms with van der Waals surface area (Å²) in [5, 5.41) is 8.08. The minimum atomic E-state index is -4.83. The van der Waals surface area contributed by atoms with Gasteiger partial charge in [-0.3, -0.25) is 0 Å². The monoisotopic (exact) mass is 507 g/mol. The molecule has 188 valence electrons. The maximum absolute atomic E-state index is 13.5. The van der Waals surface area contributed by atoms with Gasteiger partial charge < -0.3 is 15.5 Å². The highest BCUT2D eigenvalue weighted by atomic mass is 19.4. The van der Waals surface area contributed by atoms with Crippen molar-refractivity contribution in [2.45, 2.75) is 24.6 Å². The summed E-state index contributed by atoms with van der Waals surface area (Å²) in [4.78, 5) is 17.0. The van der Waals surface area contributed by atoms with Crippen molar-refractivity contribution in [3.8, 4) is 0 Å². The Kier molecular flexibility index (Phi) is 5.09. The van der Waals surface area contributed by atoms with Gasteiger partial charge in [0.15, 0.2) is 11.3 Å². The molecule has 0 spiro atoms. The molecule has 0 saturated carbocycles. The standard InChI is InChI=1S/C21H19F7N6O/c1-12-6-16(34-17(31-12)7-15(32-34)21(26,27)28)29-8-19(13-2-4-14(22)5-3-13)10-33(11-19)18(35)30-9-20(23,24)25/h2-7,29H,8-11H2,1H3,(H,30,35)/i1D3. The molecule has 1 saturated heterocycles. The molecule has 2 N–H and O–H groups in total. The normalized spacial score (nSPS) is 17.3. The number of alkyl halides is 6. The third-order valence-corrected chi connectivity index (χ3v) is 5.50. The predicted octanol–water partition coefficient (Wildman–Crippen LogP) is 4.13. The molecule has 1 aliphatic heterocycles. The number of aromatic nitrogens is 3. The van der Waals surface area contributed by atoms with E-state index in [2.05, 4.69) is 15.4 Å². The van der Waals surface area contributed by atoms with Gasteiger partial charge in [-0.05, 0) is 24.5 Å². The van der Waals surface area contributed by atoms with E-state index in [9.17, 15) is 35.5 Å². The van der Waals surface area contributed by atoms with Gasteiger partial charge in [0.05, 0.1) is 0 Å². The fraction of sp³-hybridized carbons (Fsp3) is 0.381. The van der Waals surface area contributed by atoms with E-state index in [0.717, 1.165) is 27.6 Å². The molecule has 1 fully saturated rings. The van der Waals surface area contributed by atoms with Gasteiger partial charge in [-0.1, -0.05) is 12.1 Å². The number of amides is 2. The van der Waals surface area contributed by atoms with Crippen LogP contribution < -0.4 is 10.6 Å². The third kappa shape index (κ3) is 5.25. The fourth-order valence-electron chi connectivity index (χ4n) is 3.81. The predicted molar refractivity (Wildman–Crippen MR) is 110 cm³/mol. The Bertz CT molecular complexity index is 1330. The lowest BCUT2D eigenvalue weighted by molar-refractivity contribution is -0.141. The van der Waals surface area contributed by atoms with E-state index in [1.807, 2.05) is 0 Å². The van der Waals surface area contributed by atoms with Crippen LogP contribution in [-0.2, 0) is 11.6 Å². The van der Waals surface area contributed by atoms with Gasteiger partial charge in [0, 0.05) is 47.0 Å². The van der Waals surface area contributed by atoms with E-state index in [0.29, 0.717) is 11.6 Å². The molecule has 2 amide bonds. The highest BCUT2D eigenvalue weighted by Crippen LogP contribution is 2.36. The van der Waals surface area contributed by atoms with Crippen LogP contribution in [-0.4, -0.2) is 57.9 Å². The van der Waals surface area contributed by atoms with Crippen molar-refractivity contribution in [2.75, 3.05) is 31.5 Å². The number of nitrogens with one attached hydrogen (secondary N) is 2. The molecule has 7 nitrogen and oxygen atoms in total. The molecule has 0 unspecified atom stereocenters. The number of anilines is 1. The molecule has 3 heterocycles. The number of likely N-dealkylation sites (tertiary alicyclic amines) is 1. The molecule has 0 aliphatic carbocycles. The van der Waals surface area contributed by atoms with Crippen LogP contribution in [0.25, 0.3) is 5.65 Å². The molecule has 0 atom stereocenters. The SMILES string of the molecule is [2H]C([2H])([2H])c1cc(NCC2(c3ccc(F)cc3)CN(C(=O)NCC(F)(F)F)C2)n2nc(C(F)(F)F)cc2n1. The largest absolute Gasteiger partial charge is 0.435 e. The Hall–Kier alpha value is -3.58. The van der Waals surface area contributed by atoms with Crippen LogP contribution in [0.1, 0.15) is 21.1 Å². The zero-order valence-corrected chi connectivity index (χ0v) is 17.6. The first kappa shape index (κ1) is 20.8. The second kappa shape index (κ2) is 8.57. The highest BCUT2D eigenvalue weighted by molar-refractivity contribution is 5.76. The summed E-state index contributed by atoms with van der Waals surface area (Å²) in [6.07, 6.45) is -9.46. The van der Waals surface area contributed by atoms with Crippen molar-refractivity contribution < 1.29 is 39.6 Å². The van der Waals surface area contributed by atoms with Crippen LogP contribution in [0, 0.1) is 12.7 Å². The Morgan fingerprint density at radius 1 is 1.14 bits per heavy atom. The second-order valence-corrected chi connectivity index (χ2v) is 8.09. The summed E-state index contributed by atoms with van der Waals surface area (Å²) < 4.78 is 114. The summed E-state index contributed by atoms with van der Waals surface area (Å²) in [5.74, 6) is -0.719. The van der Waals surface area contributed by atoms with Crippen LogP contribution in [0.5, 0.6) is 0 Å². The van der Waals surface area contributed by atoms with Crippen LogP contribution in [0.3, 0.4) is 0 Å². The van der Waals surface area contributed by atoms with Crippen LogP contribution in [0.4, 0.5) is 41.3 Å². The zero-order chi connectivity index (χ0) is 28.1. The van der Waals surface area contributed by atoms with E-state index in [4.69, 9.17) is 4.11 Å². The summed E-state index contributed by atoms with van der Waals surface area (Å²) in [7, 11) is 0. The van der Waals surface area contributed by atoms with Crippen molar-refractivity contribution >= 4 is 17.5 Å². The number of halogens is 7. The van der Waals surface area contributed by atoms with E-state index < -0.39 is 54.4 Å². The number of benzene rings is 1. The summed E-state index contributed by atoms with van der Waals surface area (Å²) in [6.45, 7) is -4.68. The van der Waals surface area contributed by atoms with Crippen LogP contribution in [0.2, 0.25) is 0 Å². The van der Waals surface area contributed by atoms with Gasteiger partial charge >= 0.3 is 18.4 Å². The first-order valence-electron chi connectivity index (χ1n) is 11.5. The summed E-state index contributed by atoms with van der Waals surface area (Å²) >= 11 is 0. The van der Waals surface area contributed by atoms with Crippen molar-refractivity contribution in [1.82, 2.24) is 24.8 Å². The molecule has 0 radical (unpaired) electrons. The molecule has 14 heteroatoms. The molecule has 4 rings (SSSR count). The Labute approximate surface area is 198 Å². The topological polar surface area (TPSA) is 74.6 Å². The molecule has 1 aliphatic rings. The summed E-state index contributed by atoms with van der Waals surface area (Å²) in [6, 6.07) is 5.72. The molecular formula is C21H19F7N6O. The Morgan fingerprint density at radius 3 is 2.43 bits per heavy atom. The average molecular weight is 507 g/mol. The van der Waals surface area contributed by atoms with Crippen LogP contribution in [0.15, 0.2) is 36.4 Å². The fourth-order valence-corrected chi connectivity index (χ4v) is 3.81. The number of urea groups is 1. The highest BCUT2D eigenvalue weighted by Gasteiger charge is 2.47. The van der Waals surface area contributed by atoms with Crippen molar-refractivity contribution in [2.24, 2.45) is 0 Å². The smallest absolute Gasteiger partial charge is 0.369 e. The minimum absolute atomic E-state index is 0.122. The van der Waals surface area contributed by atoms with Crippen LogP contribution >= 0.6 is 0 Å². The van der Waals surface area contributed by atoms with Gasteiger partial charge in [-0.2, -0.15) is 36.0 Å². The Balaban J connectivity index is 1.64. The molecular weight excluding hydrogens is 485 g/mol. The number of carbonyl (C=O) groups excluding carboxylic acids is 1. The first-order valence-corrected chi connectivity index (χ1v) is 10.0. The van der Waals surface area contributed by atoms with Crippen molar-refractivity contribution in [3.63, 3.8) is 0 Å². The van der Waals surface area contributed by atoms with E-state index in [1.54, 1.807) is 5.32 Å². The minimum Gasteiger partial charge on any atom is -0.369 e. The van der Waals surface area contributed by atoms with E-state index in [-0.39, 0.29) is 31.1 Å². The van der Waals surface area contributed by atoms with Crippen molar-refractivity contribution in [3.05, 3.63) is 59.2 Å². The third-order valence-electron chi connectivity index (χ3n) is 5.50. The van der Waals surface area contributed by atoms with E-state index in [1.165, 1.54) is 12.1 Å². The number of rotatable bonds is 5. The maximum Gasteiger partial charge on any atom is 0.435 e. The van der Waals surface area contributed by atoms with Crippen molar-refractivity contribution in [1.29, 1.82) is 0 Å². The second-order valence-electron chi connectivity index (χ2n) is 8.09. The summed E-state index contributed by atoms with van der Waals surface area (Å²) in [5.41, 5.74) is -2.70. The average Bonchev–Trinajstić information content (AvgIpc) is 3.22. The molecule has 2 aromatic heterocycles. The van der Waals surface area contributed by atoms with Gasteiger partial charge in [0.1, 0.15) is 18.2 Å². The van der Waals surface area contributed by atoms with E-state index >= 15 is 0 Å². The maximum atomic E-state index is 13.5. The number of hydrogen-bond donors (Lipinski definition) is 2. The number of fused-ring (bicyclic) bond motifs is 1. The lowest BCUT2D eigenvalue weighted by Crippen LogP contribution is -2.66. The zero-order valence-electron chi connectivity index (χ0n) is 20.6. The van der Waals surface area contributed by atoms with Gasteiger partial charge in [-0.15, -0.1) is 0 Å². The van der Waals surface area contributed by atoms with Gasteiger partial charge in [0.2, 0.25) is 0 Å². The molecule has 0 bridgehead atoms. The first-order chi connectivity index (χ1) is 17.5. The van der Waals surface area contributed by atoms with Gasteiger partial charge in [0.25, 0.3) is 0 Å². The number of carbonyl (C=O) groups is 1. The van der Waals surface area contributed by atoms with Gasteiger partial charge in [-0.25, -0.2) is 14.2 Å². The molecule has 35 heavy (non-hydrogen) atoms. The quantitative estimate of drug-likeness (QED) is 0.510. The lowest BCUT2D eigenvalue weighted by atomic mass is 9.73.